The van der Waals surface area contributed by atoms with Crippen LogP contribution in [0.3, 0.4) is 0 Å². The number of carbonyl (C=O) groups is 1. The molecule has 3 unspecified atom stereocenters. The Balaban J connectivity index is 1.63. The minimum atomic E-state index is -2.01. The first-order chi connectivity index (χ1) is 15.7. The SMILES string of the molecule is C[C@H]1CC2C3CCC4=CC(=O)C=C[C@]4(C)[C@@]3(F)[C@@H](O)C[C@]2(C)[C@@]1(O)C1(CO)OCC(C)(C)N1O. The van der Waals surface area contributed by atoms with Crippen molar-refractivity contribution in [1.29, 1.82) is 0 Å². The zero-order chi connectivity index (χ0) is 25.1. The van der Waals surface area contributed by atoms with E-state index in [1.807, 2.05) is 13.8 Å². The van der Waals surface area contributed by atoms with Gasteiger partial charge in [0.05, 0.1) is 24.9 Å². The first kappa shape index (κ1) is 24.5. The molecule has 0 bridgehead atoms. The highest BCUT2D eigenvalue weighted by atomic mass is 19.1. The average molecular weight is 480 g/mol. The van der Waals surface area contributed by atoms with Gasteiger partial charge >= 0.3 is 0 Å². The Morgan fingerprint density at radius 1 is 1.24 bits per heavy atom. The first-order valence-corrected chi connectivity index (χ1v) is 12.4. The van der Waals surface area contributed by atoms with Crippen LogP contribution in [-0.2, 0) is 9.53 Å². The molecule has 5 aliphatic rings. The normalized spacial score (nSPS) is 54.4. The molecule has 0 aromatic heterocycles. The molecule has 5 rings (SSSR count). The number of halogens is 1. The van der Waals surface area contributed by atoms with Crippen LogP contribution in [0, 0.1) is 28.6 Å². The van der Waals surface area contributed by atoms with E-state index in [1.54, 1.807) is 26.8 Å². The number of hydrogen-bond donors (Lipinski definition) is 4. The number of ether oxygens (including phenoxy) is 1. The Kier molecular flexibility index (Phi) is 5.04. The van der Waals surface area contributed by atoms with Crippen molar-refractivity contribution in [3.63, 3.8) is 0 Å². The molecule has 7 nitrogen and oxygen atoms in total. The molecule has 0 aromatic rings. The van der Waals surface area contributed by atoms with Gasteiger partial charge in [-0.05, 0) is 70.4 Å². The Morgan fingerprint density at radius 2 is 1.91 bits per heavy atom. The Bertz CT molecular complexity index is 982. The van der Waals surface area contributed by atoms with Crippen molar-refractivity contribution in [1.82, 2.24) is 5.06 Å². The van der Waals surface area contributed by atoms with Crippen molar-refractivity contribution in [3.8, 4) is 0 Å². The average Bonchev–Trinajstić information content (AvgIpc) is 3.13. The van der Waals surface area contributed by atoms with Gasteiger partial charge in [0.25, 0.3) is 0 Å². The number of hydroxylamine groups is 2. The third kappa shape index (κ3) is 2.45. The van der Waals surface area contributed by atoms with E-state index in [0.717, 1.165) is 5.06 Å². The second-order valence-electron chi connectivity index (χ2n) is 12.5. The second kappa shape index (κ2) is 6.99. The van der Waals surface area contributed by atoms with E-state index in [0.29, 0.717) is 24.8 Å². The van der Waals surface area contributed by atoms with Crippen molar-refractivity contribution in [3.05, 3.63) is 23.8 Å². The van der Waals surface area contributed by atoms with Crippen molar-refractivity contribution in [2.75, 3.05) is 13.2 Å². The maximum Gasteiger partial charge on any atom is 0.196 e. The standard InChI is InChI=1S/C26H38FNO6/c1-15-10-19-18-7-6-16-11-17(30)8-9-22(16,4)25(18,27)20(31)12-23(19,5)26(15,32)24(13-29)28(33)21(2,3)14-34-24/h8-9,11,15,18-20,29,31-33H,6-7,10,12-14H2,1-5H3/t15-,18?,19?,20-,22-,23-,24?,25-,26+/m0/s1. The lowest BCUT2D eigenvalue weighted by molar-refractivity contribution is -0.361. The van der Waals surface area contributed by atoms with Crippen molar-refractivity contribution in [2.45, 2.75) is 88.9 Å². The number of alkyl halides is 1. The van der Waals surface area contributed by atoms with Crippen molar-refractivity contribution in [2.24, 2.45) is 28.6 Å². The van der Waals surface area contributed by atoms with Crippen LogP contribution in [0.15, 0.2) is 23.8 Å². The molecular formula is C26H38FNO6. The molecule has 3 saturated carbocycles. The molecule has 34 heavy (non-hydrogen) atoms. The molecule has 9 atom stereocenters. The van der Waals surface area contributed by atoms with Crippen LogP contribution in [0.25, 0.3) is 0 Å². The maximum atomic E-state index is 17.3. The molecule has 8 heteroatoms. The number of hydrogen-bond acceptors (Lipinski definition) is 7. The number of nitrogens with zero attached hydrogens (tertiary/aromatic N) is 1. The Hall–Kier alpha value is -1.16. The molecule has 0 amide bonds. The molecular weight excluding hydrogens is 441 g/mol. The van der Waals surface area contributed by atoms with Gasteiger partial charge in [0.1, 0.15) is 5.60 Å². The highest BCUT2D eigenvalue weighted by Gasteiger charge is 2.80. The van der Waals surface area contributed by atoms with Gasteiger partial charge in [-0.25, -0.2) is 4.39 Å². The van der Waals surface area contributed by atoms with Crippen LogP contribution in [0.5, 0.6) is 0 Å². The van der Waals surface area contributed by atoms with Crippen molar-refractivity contribution >= 4 is 5.78 Å². The smallest absolute Gasteiger partial charge is 0.196 e. The molecule has 0 radical (unpaired) electrons. The molecule has 1 saturated heterocycles. The quantitative estimate of drug-likeness (QED) is 0.482. The topological polar surface area (TPSA) is 110 Å². The summed E-state index contributed by atoms with van der Waals surface area (Å²) in [5.41, 5.74) is -7.85. The monoisotopic (exact) mass is 479 g/mol. The molecule has 1 aliphatic heterocycles. The lowest BCUT2D eigenvalue weighted by Gasteiger charge is -2.64. The molecule has 1 heterocycles. The zero-order valence-electron chi connectivity index (χ0n) is 20.7. The highest BCUT2D eigenvalue weighted by molar-refractivity contribution is 6.01. The summed E-state index contributed by atoms with van der Waals surface area (Å²) in [6.45, 7) is 8.45. The number of aliphatic hydroxyl groups is 3. The zero-order valence-corrected chi connectivity index (χ0v) is 20.7. The summed E-state index contributed by atoms with van der Waals surface area (Å²) in [6, 6.07) is 0. The van der Waals surface area contributed by atoms with Crippen LogP contribution in [0.1, 0.15) is 60.3 Å². The molecule has 4 N–H and O–H groups in total. The summed E-state index contributed by atoms with van der Waals surface area (Å²) in [4.78, 5) is 12.0. The van der Waals surface area contributed by atoms with E-state index in [4.69, 9.17) is 4.74 Å². The van der Waals surface area contributed by atoms with Gasteiger partial charge in [-0.3, -0.25) is 4.79 Å². The fourth-order valence-corrected chi connectivity index (χ4v) is 8.79. The first-order valence-electron chi connectivity index (χ1n) is 12.4. The van der Waals surface area contributed by atoms with Crippen LogP contribution in [0.4, 0.5) is 4.39 Å². The van der Waals surface area contributed by atoms with E-state index in [2.05, 4.69) is 0 Å². The largest absolute Gasteiger partial charge is 0.392 e. The Labute approximate surface area is 200 Å². The van der Waals surface area contributed by atoms with Crippen LogP contribution in [-0.4, -0.2) is 73.2 Å². The predicted octanol–water partition coefficient (Wildman–Crippen LogP) is 2.52. The molecule has 190 valence electrons. The van der Waals surface area contributed by atoms with Gasteiger partial charge in [-0.15, -0.1) is 5.06 Å². The summed E-state index contributed by atoms with van der Waals surface area (Å²) in [5.74, 6) is -1.51. The lowest BCUT2D eigenvalue weighted by atomic mass is 9.44. The summed E-state index contributed by atoms with van der Waals surface area (Å²) >= 11 is 0. The number of allylic oxidation sites excluding steroid dienone is 4. The third-order valence-corrected chi connectivity index (χ3v) is 10.6. The van der Waals surface area contributed by atoms with Gasteiger partial charge in [-0.2, -0.15) is 0 Å². The maximum absolute atomic E-state index is 17.3. The fourth-order valence-electron chi connectivity index (χ4n) is 8.79. The molecule has 0 aromatic carbocycles. The Morgan fingerprint density at radius 3 is 2.50 bits per heavy atom. The van der Waals surface area contributed by atoms with E-state index >= 15 is 4.39 Å². The van der Waals surface area contributed by atoms with Gasteiger partial charge in [-0.1, -0.05) is 25.5 Å². The van der Waals surface area contributed by atoms with E-state index < -0.39 is 57.9 Å². The summed E-state index contributed by atoms with van der Waals surface area (Å²) < 4.78 is 23.4. The van der Waals surface area contributed by atoms with Crippen molar-refractivity contribution < 1.29 is 34.4 Å². The number of carbonyl (C=O) groups excluding carboxylic acids is 1. The third-order valence-electron chi connectivity index (χ3n) is 10.6. The van der Waals surface area contributed by atoms with Gasteiger partial charge in [0.2, 0.25) is 0 Å². The lowest BCUT2D eigenvalue weighted by Crippen LogP contribution is -2.75. The minimum Gasteiger partial charge on any atom is -0.392 e. The van der Waals surface area contributed by atoms with Crippen LogP contribution in [0.2, 0.25) is 0 Å². The van der Waals surface area contributed by atoms with E-state index in [1.165, 1.54) is 12.2 Å². The van der Waals surface area contributed by atoms with Gasteiger partial charge < -0.3 is 25.3 Å². The number of fused-ring (bicyclic) bond motifs is 5. The van der Waals surface area contributed by atoms with Gasteiger partial charge in [0.15, 0.2) is 17.2 Å². The minimum absolute atomic E-state index is 0.0600. The van der Waals surface area contributed by atoms with Crippen LogP contribution >= 0.6 is 0 Å². The van der Waals surface area contributed by atoms with E-state index in [-0.39, 0.29) is 24.7 Å². The van der Waals surface area contributed by atoms with Crippen LogP contribution < -0.4 is 0 Å². The molecule has 0 spiro atoms. The summed E-state index contributed by atoms with van der Waals surface area (Å²) in [6.07, 6.45) is 4.48. The molecule has 4 aliphatic carbocycles. The van der Waals surface area contributed by atoms with E-state index in [9.17, 15) is 25.3 Å². The number of aliphatic hydroxyl groups excluding tert-OH is 2. The highest BCUT2D eigenvalue weighted by Crippen LogP contribution is 2.72. The summed E-state index contributed by atoms with van der Waals surface area (Å²) in [7, 11) is 0. The second-order valence-corrected chi connectivity index (χ2v) is 12.5. The predicted molar refractivity (Wildman–Crippen MR) is 121 cm³/mol. The fraction of sp³-hybridized carbons (Fsp3) is 0.808. The molecule has 4 fully saturated rings. The number of ketones is 1. The van der Waals surface area contributed by atoms with Gasteiger partial charge in [0, 0.05) is 16.7 Å². The summed E-state index contributed by atoms with van der Waals surface area (Å²) in [5, 5.41) is 46.7. The number of rotatable bonds is 2.